The van der Waals surface area contributed by atoms with Crippen molar-refractivity contribution >= 4 is 18.1 Å². The van der Waals surface area contributed by atoms with Crippen LogP contribution >= 0.6 is 0 Å². The Morgan fingerprint density at radius 1 is 0.967 bits per heavy atom. The number of nitrogens with one attached hydrogen (secondary N) is 1. The molecule has 0 aromatic heterocycles. The van der Waals surface area contributed by atoms with Gasteiger partial charge in [0, 0.05) is 5.56 Å². The standard InChI is InChI=1S/C23H19FN2O4/c1-2-29-21-14-16(15-25-26-22(27)17-6-4-3-5-7-17)8-13-20(21)30-23(28)18-9-11-19(24)12-10-18/h3-15H,2H2,1H3,(H,26,27)/b25-15+. The van der Waals surface area contributed by atoms with Crippen LogP contribution in [-0.4, -0.2) is 24.7 Å². The third-order valence-electron chi connectivity index (χ3n) is 3.97. The molecule has 0 aliphatic carbocycles. The summed E-state index contributed by atoms with van der Waals surface area (Å²) in [7, 11) is 0. The van der Waals surface area contributed by atoms with E-state index in [0.717, 1.165) is 0 Å². The molecule has 7 heteroatoms. The number of hydrogen-bond acceptors (Lipinski definition) is 5. The Kier molecular flexibility index (Phi) is 6.89. The maximum atomic E-state index is 13.0. The van der Waals surface area contributed by atoms with Crippen molar-refractivity contribution in [3.8, 4) is 11.5 Å². The quantitative estimate of drug-likeness (QED) is 0.276. The SMILES string of the molecule is CCOc1cc(/C=N/NC(=O)c2ccccc2)ccc1OC(=O)c1ccc(F)cc1. The predicted molar refractivity (Wildman–Crippen MR) is 110 cm³/mol. The number of benzene rings is 3. The van der Waals surface area contributed by atoms with Crippen molar-refractivity contribution in [1.29, 1.82) is 0 Å². The number of nitrogens with zero attached hydrogens (tertiary/aromatic N) is 1. The Morgan fingerprint density at radius 3 is 2.40 bits per heavy atom. The summed E-state index contributed by atoms with van der Waals surface area (Å²) >= 11 is 0. The molecule has 1 amide bonds. The van der Waals surface area contributed by atoms with E-state index in [9.17, 15) is 14.0 Å². The third-order valence-corrected chi connectivity index (χ3v) is 3.97. The first-order valence-electron chi connectivity index (χ1n) is 9.20. The van der Waals surface area contributed by atoms with E-state index in [1.165, 1.54) is 30.5 Å². The van der Waals surface area contributed by atoms with Crippen LogP contribution in [0.15, 0.2) is 77.9 Å². The Labute approximate surface area is 173 Å². The lowest BCUT2D eigenvalue weighted by Gasteiger charge is -2.11. The minimum absolute atomic E-state index is 0.216. The van der Waals surface area contributed by atoms with E-state index in [4.69, 9.17) is 9.47 Å². The van der Waals surface area contributed by atoms with Crippen LogP contribution in [-0.2, 0) is 0 Å². The highest BCUT2D eigenvalue weighted by Crippen LogP contribution is 2.29. The summed E-state index contributed by atoms with van der Waals surface area (Å²) in [6, 6.07) is 18.6. The highest BCUT2D eigenvalue weighted by Gasteiger charge is 2.13. The minimum Gasteiger partial charge on any atom is -0.490 e. The molecule has 0 radical (unpaired) electrons. The van der Waals surface area contributed by atoms with Crippen LogP contribution in [0, 0.1) is 5.82 Å². The van der Waals surface area contributed by atoms with E-state index in [0.29, 0.717) is 23.5 Å². The van der Waals surface area contributed by atoms with Gasteiger partial charge in [-0.05, 0) is 67.1 Å². The Morgan fingerprint density at radius 2 is 1.70 bits per heavy atom. The first-order valence-corrected chi connectivity index (χ1v) is 9.20. The fourth-order valence-corrected chi connectivity index (χ4v) is 2.52. The lowest BCUT2D eigenvalue weighted by molar-refractivity contribution is 0.0728. The number of hydrogen-bond donors (Lipinski definition) is 1. The number of amides is 1. The zero-order valence-corrected chi connectivity index (χ0v) is 16.2. The zero-order chi connectivity index (χ0) is 21.3. The van der Waals surface area contributed by atoms with Crippen LogP contribution in [0.2, 0.25) is 0 Å². The van der Waals surface area contributed by atoms with Gasteiger partial charge in [0.1, 0.15) is 5.82 Å². The fourth-order valence-electron chi connectivity index (χ4n) is 2.52. The summed E-state index contributed by atoms with van der Waals surface area (Å²) in [4.78, 5) is 24.3. The summed E-state index contributed by atoms with van der Waals surface area (Å²) in [5, 5.41) is 3.94. The van der Waals surface area contributed by atoms with Gasteiger partial charge in [-0.3, -0.25) is 4.79 Å². The van der Waals surface area contributed by atoms with Crippen LogP contribution in [0.1, 0.15) is 33.2 Å². The van der Waals surface area contributed by atoms with Gasteiger partial charge in [-0.2, -0.15) is 5.10 Å². The van der Waals surface area contributed by atoms with Gasteiger partial charge in [0.05, 0.1) is 18.4 Å². The summed E-state index contributed by atoms with van der Waals surface area (Å²) in [6.45, 7) is 2.15. The molecule has 0 bridgehead atoms. The number of carbonyl (C=O) groups excluding carboxylic acids is 2. The van der Waals surface area contributed by atoms with Crippen molar-refractivity contribution in [1.82, 2.24) is 5.43 Å². The molecule has 0 atom stereocenters. The van der Waals surface area contributed by atoms with E-state index >= 15 is 0 Å². The van der Waals surface area contributed by atoms with Crippen molar-refractivity contribution in [2.45, 2.75) is 6.92 Å². The van der Waals surface area contributed by atoms with Crippen LogP contribution < -0.4 is 14.9 Å². The second-order valence-electron chi connectivity index (χ2n) is 6.10. The predicted octanol–water partition coefficient (Wildman–Crippen LogP) is 4.21. The third kappa shape index (κ3) is 5.51. The van der Waals surface area contributed by atoms with Gasteiger partial charge >= 0.3 is 5.97 Å². The molecule has 6 nitrogen and oxygen atoms in total. The molecule has 0 saturated heterocycles. The summed E-state index contributed by atoms with van der Waals surface area (Å²) < 4.78 is 23.9. The van der Waals surface area contributed by atoms with Crippen molar-refractivity contribution in [3.63, 3.8) is 0 Å². The van der Waals surface area contributed by atoms with E-state index < -0.39 is 11.8 Å². The van der Waals surface area contributed by atoms with E-state index in [-0.39, 0.29) is 17.2 Å². The highest BCUT2D eigenvalue weighted by atomic mass is 19.1. The Bertz CT molecular complexity index is 1050. The van der Waals surface area contributed by atoms with Gasteiger partial charge in [0.2, 0.25) is 0 Å². The van der Waals surface area contributed by atoms with E-state index in [1.54, 1.807) is 49.4 Å². The van der Waals surface area contributed by atoms with Gasteiger partial charge in [-0.25, -0.2) is 14.6 Å². The van der Waals surface area contributed by atoms with Crippen LogP contribution in [0.4, 0.5) is 4.39 Å². The number of ether oxygens (including phenoxy) is 2. The Hall–Kier alpha value is -4.00. The molecule has 1 N–H and O–H groups in total. The fraction of sp³-hybridized carbons (Fsp3) is 0.0870. The molecule has 0 aliphatic heterocycles. The van der Waals surface area contributed by atoms with Gasteiger partial charge in [-0.1, -0.05) is 18.2 Å². The van der Waals surface area contributed by atoms with E-state index in [1.807, 2.05) is 6.07 Å². The average Bonchev–Trinajstić information content (AvgIpc) is 2.76. The maximum absolute atomic E-state index is 13.0. The number of rotatable bonds is 7. The lowest BCUT2D eigenvalue weighted by atomic mass is 10.2. The second kappa shape index (κ2) is 9.97. The molecular weight excluding hydrogens is 387 g/mol. The summed E-state index contributed by atoms with van der Waals surface area (Å²) in [6.07, 6.45) is 1.45. The number of carbonyl (C=O) groups is 2. The lowest BCUT2D eigenvalue weighted by Crippen LogP contribution is -2.17. The van der Waals surface area contributed by atoms with Crippen molar-refractivity contribution in [2.24, 2.45) is 5.10 Å². The summed E-state index contributed by atoms with van der Waals surface area (Å²) in [5.74, 6) is -0.846. The van der Waals surface area contributed by atoms with Crippen molar-refractivity contribution in [2.75, 3.05) is 6.61 Å². The molecule has 0 aliphatic rings. The molecule has 0 unspecified atom stereocenters. The molecule has 0 heterocycles. The number of hydrazone groups is 1. The smallest absolute Gasteiger partial charge is 0.343 e. The second-order valence-corrected chi connectivity index (χ2v) is 6.10. The maximum Gasteiger partial charge on any atom is 0.343 e. The molecule has 3 aromatic carbocycles. The molecule has 0 fully saturated rings. The van der Waals surface area contributed by atoms with Gasteiger partial charge in [0.15, 0.2) is 11.5 Å². The van der Waals surface area contributed by atoms with Crippen LogP contribution in [0.25, 0.3) is 0 Å². The molecule has 0 spiro atoms. The molecule has 3 aromatic rings. The molecular formula is C23H19FN2O4. The van der Waals surface area contributed by atoms with Gasteiger partial charge in [-0.15, -0.1) is 0 Å². The Balaban J connectivity index is 1.70. The minimum atomic E-state index is -0.632. The molecule has 152 valence electrons. The molecule has 3 rings (SSSR count). The van der Waals surface area contributed by atoms with Gasteiger partial charge in [0.25, 0.3) is 5.91 Å². The topological polar surface area (TPSA) is 77.0 Å². The van der Waals surface area contributed by atoms with Gasteiger partial charge < -0.3 is 9.47 Å². The summed E-state index contributed by atoms with van der Waals surface area (Å²) in [5.41, 5.74) is 3.79. The number of esters is 1. The first-order chi connectivity index (χ1) is 14.6. The van der Waals surface area contributed by atoms with Crippen LogP contribution in [0.3, 0.4) is 0 Å². The van der Waals surface area contributed by atoms with Crippen molar-refractivity contribution < 1.29 is 23.5 Å². The van der Waals surface area contributed by atoms with Crippen molar-refractivity contribution in [3.05, 3.63) is 95.3 Å². The monoisotopic (exact) mass is 406 g/mol. The van der Waals surface area contributed by atoms with E-state index in [2.05, 4.69) is 10.5 Å². The molecule has 30 heavy (non-hydrogen) atoms. The van der Waals surface area contributed by atoms with Crippen LogP contribution in [0.5, 0.6) is 11.5 Å². The molecule has 0 saturated carbocycles. The first kappa shape index (κ1) is 20.7. The average molecular weight is 406 g/mol. The highest BCUT2D eigenvalue weighted by molar-refractivity contribution is 5.95. The normalized spacial score (nSPS) is 10.6. The largest absolute Gasteiger partial charge is 0.490 e. The zero-order valence-electron chi connectivity index (χ0n) is 16.2. The number of halogens is 1.